The van der Waals surface area contributed by atoms with Gasteiger partial charge in [-0.05, 0) is 109 Å². The third kappa shape index (κ3) is 5.51. The molecule has 0 radical (unpaired) electrons. The number of hydrogen-bond donors (Lipinski definition) is 0. The van der Waals surface area contributed by atoms with E-state index in [2.05, 4.69) is 219 Å². The van der Waals surface area contributed by atoms with E-state index in [1.807, 2.05) is 11.3 Å². The fraction of sp³-hybridized carbons (Fsp3) is 0.0545. The minimum absolute atomic E-state index is 0.0431. The van der Waals surface area contributed by atoms with Gasteiger partial charge in [0.15, 0.2) is 0 Å². The summed E-state index contributed by atoms with van der Waals surface area (Å²) in [5, 5.41) is 5.12. The van der Waals surface area contributed by atoms with Gasteiger partial charge in [0.1, 0.15) is 0 Å². The zero-order valence-corrected chi connectivity index (χ0v) is 32.7. The van der Waals surface area contributed by atoms with Crippen LogP contribution < -0.4 is 4.90 Å². The Morgan fingerprint density at radius 1 is 0.368 bits per heavy atom. The molecule has 1 nitrogen and oxygen atoms in total. The van der Waals surface area contributed by atoms with Gasteiger partial charge in [0.2, 0.25) is 0 Å². The van der Waals surface area contributed by atoms with Gasteiger partial charge in [-0.2, -0.15) is 0 Å². The molecule has 0 amide bonds. The first kappa shape index (κ1) is 33.6. The van der Waals surface area contributed by atoms with E-state index in [1.54, 1.807) is 0 Å². The second-order valence-electron chi connectivity index (χ2n) is 15.7. The van der Waals surface area contributed by atoms with Gasteiger partial charge < -0.3 is 4.90 Å². The molecule has 0 unspecified atom stereocenters. The van der Waals surface area contributed by atoms with Crippen LogP contribution in [0.4, 0.5) is 17.1 Å². The summed E-state index contributed by atoms with van der Waals surface area (Å²) in [7, 11) is 0. The molecule has 0 saturated carbocycles. The van der Waals surface area contributed by atoms with Crippen LogP contribution in [0, 0.1) is 0 Å². The van der Waals surface area contributed by atoms with Crippen molar-refractivity contribution < 1.29 is 0 Å². The first-order valence-corrected chi connectivity index (χ1v) is 20.6. The number of benzene rings is 9. The Kier molecular flexibility index (Phi) is 7.77. The summed E-state index contributed by atoms with van der Waals surface area (Å²) in [6, 6.07) is 73.9. The van der Waals surface area contributed by atoms with E-state index in [9.17, 15) is 0 Å². The summed E-state index contributed by atoms with van der Waals surface area (Å²) >= 11 is 1.86. The van der Waals surface area contributed by atoms with Gasteiger partial charge in [0.25, 0.3) is 0 Å². The average Bonchev–Trinajstić information content (AvgIpc) is 3.75. The van der Waals surface area contributed by atoms with Crippen LogP contribution in [0.25, 0.3) is 75.5 Å². The van der Waals surface area contributed by atoms with Gasteiger partial charge in [-0.3, -0.25) is 0 Å². The molecule has 10 aromatic rings. The highest BCUT2D eigenvalue weighted by Gasteiger charge is 2.35. The molecule has 11 rings (SSSR count). The van der Waals surface area contributed by atoms with Crippen molar-refractivity contribution in [3.8, 4) is 44.5 Å². The van der Waals surface area contributed by atoms with Crippen LogP contribution in [0.1, 0.15) is 25.0 Å². The Morgan fingerprint density at radius 2 is 0.982 bits per heavy atom. The van der Waals surface area contributed by atoms with E-state index >= 15 is 0 Å². The van der Waals surface area contributed by atoms with Crippen LogP contribution in [-0.4, -0.2) is 0 Å². The van der Waals surface area contributed by atoms with Crippen molar-refractivity contribution in [2.24, 2.45) is 0 Å². The number of para-hydroxylation sites is 1. The summed E-state index contributed by atoms with van der Waals surface area (Å²) in [6.45, 7) is 4.70. The minimum atomic E-state index is -0.0431. The Hall–Kier alpha value is -6.74. The maximum Gasteiger partial charge on any atom is 0.0540 e. The summed E-state index contributed by atoms with van der Waals surface area (Å²) in [5.41, 5.74) is 16.1. The van der Waals surface area contributed by atoms with E-state index in [0.717, 1.165) is 17.1 Å². The lowest BCUT2D eigenvalue weighted by Crippen LogP contribution is -2.14. The first-order valence-electron chi connectivity index (χ1n) is 19.8. The molecule has 57 heavy (non-hydrogen) atoms. The van der Waals surface area contributed by atoms with E-state index in [-0.39, 0.29) is 5.41 Å². The SMILES string of the molecule is CC1(C)c2ccccc2-c2ccc(-c3ccc(N(c4ccc5c(c4)sc4ccccc45)c4ccccc4-c4cccc(-c5cccc6ccccc56)c4)cc3)cc21. The molecule has 1 aliphatic carbocycles. The zero-order valence-electron chi connectivity index (χ0n) is 31.9. The molecule has 0 aliphatic heterocycles. The lowest BCUT2D eigenvalue weighted by molar-refractivity contribution is 0.660. The summed E-state index contributed by atoms with van der Waals surface area (Å²) < 4.78 is 2.60. The van der Waals surface area contributed by atoms with Crippen LogP contribution in [0.3, 0.4) is 0 Å². The zero-order chi connectivity index (χ0) is 38.1. The molecule has 2 heteroatoms. The van der Waals surface area contributed by atoms with Crippen LogP contribution in [0.2, 0.25) is 0 Å². The Labute approximate surface area is 337 Å². The van der Waals surface area contributed by atoms with Gasteiger partial charge in [0, 0.05) is 42.5 Å². The number of fused-ring (bicyclic) bond motifs is 7. The van der Waals surface area contributed by atoms with Crippen molar-refractivity contribution in [3.63, 3.8) is 0 Å². The predicted molar refractivity (Wildman–Crippen MR) is 245 cm³/mol. The second kappa shape index (κ2) is 13.2. The molecule has 1 heterocycles. The molecule has 0 atom stereocenters. The first-order chi connectivity index (χ1) is 28.0. The molecule has 270 valence electrons. The van der Waals surface area contributed by atoms with Crippen molar-refractivity contribution in [1.82, 2.24) is 0 Å². The van der Waals surface area contributed by atoms with Gasteiger partial charge in [-0.15, -0.1) is 11.3 Å². The van der Waals surface area contributed by atoms with Gasteiger partial charge in [0.05, 0.1) is 5.69 Å². The molecule has 0 saturated heterocycles. The maximum absolute atomic E-state index is 2.44. The molecular weight excluding hydrogens is 707 g/mol. The highest BCUT2D eigenvalue weighted by Crippen LogP contribution is 2.50. The smallest absolute Gasteiger partial charge is 0.0540 e. The van der Waals surface area contributed by atoms with Crippen LogP contribution in [-0.2, 0) is 5.41 Å². The topological polar surface area (TPSA) is 3.24 Å². The fourth-order valence-corrected chi connectivity index (χ4v) is 10.4. The molecule has 1 aliphatic rings. The fourth-order valence-electron chi connectivity index (χ4n) is 9.21. The monoisotopic (exact) mass is 745 g/mol. The molecular formula is C55H39NS. The standard InChI is InChI=1S/C55H39NS/c1-55(2)50-22-8-5-19-46(50)47-31-27-38(34-51(47)55)36-25-28-41(29-26-36)56(42-30-32-49-48-20-7-10-24-53(48)57-54(49)35-42)52-23-9-6-18-45(52)40-16-11-15-39(33-40)44-21-12-14-37-13-3-4-17-43(37)44/h3-35H,1-2H3. The predicted octanol–water partition coefficient (Wildman–Crippen LogP) is 16.0. The molecule has 1 aromatic heterocycles. The number of hydrogen-bond acceptors (Lipinski definition) is 2. The third-order valence-corrected chi connectivity index (χ3v) is 13.2. The Bertz CT molecular complexity index is 3160. The number of rotatable bonds is 6. The quantitative estimate of drug-likeness (QED) is 0.164. The third-order valence-electron chi connectivity index (χ3n) is 12.1. The number of anilines is 3. The number of nitrogens with zero attached hydrogens (tertiary/aromatic N) is 1. The lowest BCUT2D eigenvalue weighted by Gasteiger charge is -2.28. The Morgan fingerprint density at radius 3 is 1.86 bits per heavy atom. The van der Waals surface area contributed by atoms with Crippen LogP contribution in [0.5, 0.6) is 0 Å². The van der Waals surface area contributed by atoms with Crippen LogP contribution in [0.15, 0.2) is 200 Å². The summed E-state index contributed by atoms with van der Waals surface area (Å²) in [6.07, 6.45) is 0. The van der Waals surface area contributed by atoms with Gasteiger partial charge >= 0.3 is 0 Å². The summed E-state index contributed by atoms with van der Waals surface area (Å²) in [4.78, 5) is 2.44. The number of thiophene rings is 1. The van der Waals surface area contributed by atoms with Crippen molar-refractivity contribution in [3.05, 3.63) is 211 Å². The van der Waals surface area contributed by atoms with Crippen molar-refractivity contribution in [2.75, 3.05) is 4.90 Å². The van der Waals surface area contributed by atoms with E-state index in [1.165, 1.54) is 86.6 Å². The largest absolute Gasteiger partial charge is 0.310 e. The van der Waals surface area contributed by atoms with E-state index in [0.29, 0.717) is 0 Å². The van der Waals surface area contributed by atoms with Crippen molar-refractivity contribution >= 4 is 59.3 Å². The lowest BCUT2D eigenvalue weighted by atomic mass is 9.81. The molecule has 0 spiro atoms. The van der Waals surface area contributed by atoms with Crippen LogP contribution >= 0.6 is 11.3 Å². The molecule has 9 aromatic carbocycles. The van der Waals surface area contributed by atoms with Crippen molar-refractivity contribution in [1.29, 1.82) is 0 Å². The van der Waals surface area contributed by atoms with Gasteiger partial charge in [-0.25, -0.2) is 0 Å². The molecule has 0 bridgehead atoms. The maximum atomic E-state index is 2.44. The van der Waals surface area contributed by atoms with E-state index < -0.39 is 0 Å². The highest BCUT2D eigenvalue weighted by molar-refractivity contribution is 7.25. The second-order valence-corrected chi connectivity index (χ2v) is 16.8. The summed E-state index contributed by atoms with van der Waals surface area (Å²) in [5.74, 6) is 0. The van der Waals surface area contributed by atoms with Gasteiger partial charge in [-0.1, -0.05) is 166 Å². The highest BCUT2D eigenvalue weighted by atomic mass is 32.1. The minimum Gasteiger partial charge on any atom is -0.310 e. The Balaban J connectivity index is 1.04. The van der Waals surface area contributed by atoms with Crippen molar-refractivity contribution in [2.45, 2.75) is 19.3 Å². The average molecular weight is 746 g/mol. The molecule has 0 N–H and O–H groups in total. The molecule has 0 fully saturated rings. The normalized spacial score (nSPS) is 12.9. The van der Waals surface area contributed by atoms with E-state index in [4.69, 9.17) is 0 Å².